The second-order valence-corrected chi connectivity index (χ2v) is 17.4. The van der Waals surface area contributed by atoms with E-state index in [9.17, 15) is 44.7 Å². The number of esters is 1. The van der Waals surface area contributed by atoms with Crippen molar-refractivity contribution in [1.29, 1.82) is 0 Å². The predicted molar refractivity (Wildman–Crippen MR) is 231 cm³/mol. The predicted octanol–water partition coefficient (Wildman–Crippen LogP) is 5.20. The normalized spacial score (nSPS) is 31.5. The van der Waals surface area contributed by atoms with Gasteiger partial charge < -0.3 is 45.1 Å². The Labute approximate surface area is 361 Å². The number of fused-ring (bicyclic) bond motifs is 14. The van der Waals surface area contributed by atoms with E-state index in [4.69, 9.17) is 14.2 Å². The van der Waals surface area contributed by atoms with E-state index in [1.165, 1.54) is 72.6 Å². The first-order chi connectivity index (χ1) is 29.3. The maximum absolute atomic E-state index is 14.4. The molecule has 62 heavy (non-hydrogen) atoms. The number of carbonyl (C=O) groups is 4. The zero-order chi connectivity index (χ0) is 45.4. The molecule has 5 bridgehead atoms. The van der Waals surface area contributed by atoms with Gasteiger partial charge in [-0.15, -0.1) is 0 Å². The number of Topliss-reactive ketones (excluding diaryl/α,β-unsaturated/α-hetero) is 1. The minimum atomic E-state index is -2.14. The van der Waals surface area contributed by atoms with Crippen LogP contribution < -0.4 is 10.1 Å². The number of carbonyl (C=O) groups excluding carboxylic acids is 4. The number of aliphatic hydroxyl groups is 2. The lowest BCUT2D eigenvalue weighted by atomic mass is 9.78. The number of aromatic hydroxyl groups is 3. The molecule has 2 fully saturated rings. The standard InChI is InChI=1S/C46H60N4O12/c1-23-12-11-13-24(2)45(59)48-36-31(22-47-50-19-17-49(18-20-50)30-14-9-10-15-30)40(56)33-34(41(36)57)39(55)28(6)43-35(33)44(58)46(8,62-43)60-21-16-32(52)25(3)42(61-29(7)51)27(5)38(54)26(4)37(23)53/h11-13,16,21-23,25-27,30,37-38,42,53-57H,9-10,14-15,17-20H2,1-8H3,(H,48,59)/b12-11+,21-16+,24-13-,47-22+/t23-,25+,26+,27+,37-,38+,42+,46-/m0/s1. The second-order valence-electron chi connectivity index (χ2n) is 17.4. The Kier molecular flexibility index (Phi) is 13.7. The van der Waals surface area contributed by atoms with Gasteiger partial charge in [0.2, 0.25) is 0 Å². The van der Waals surface area contributed by atoms with Crippen molar-refractivity contribution in [1.82, 2.24) is 9.91 Å². The molecule has 336 valence electrons. The van der Waals surface area contributed by atoms with Gasteiger partial charge in [-0.25, -0.2) is 0 Å². The van der Waals surface area contributed by atoms with Crippen LogP contribution in [0.1, 0.15) is 95.6 Å². The van der Waals surface area contributed by atoms with E-state index in [1.54, 1.807) is 32.9 Å². The number of rotatable bonds is 4. The Morgan fingerprint density at radius 1 is 0.935 bits per heavy atom. The van der Waals surface area contributed by atoms with Gasteiger partial charge in [0.1, 0.15) is 23.4 Å². The van der Waals surface area contributed by atoms with E-state index in [2.05, 4.69) is 15.3 Å². The molecule has 1 aliphatic carbocycles. The molecule has 0 aromatic heterocycles. The summed E-state index contributed by atoms with van der Waals surface area (Å²) in [7, 11) is 0. The van der Waals surface area contributed by atoms with Crippen molar-refractivity contribution in [2.45, 2.75) is 111 Å². The van der Waals surface area contributed by atoms with E-state index >= 15 is 0 Å². The number of ketones is 2. The lowest BCUT2D eigenvalue weighted by Crippen LogP contribution is -2.47. The number of nitrogens with one attached hydrogen (secondary N) is 1. The smallest absolute Gasteiger partial charge is 0.312 e. The van der Waals surface area contributed by atoms with Gasteiger partial charge in [-0.2, -0.15) is 5.10 Å². The molecular weight excluding hydrogens is 801 g/mol. The Hall–Kier alpha value is -5.45. The molecule has 0 spiro atoms. The summed E-state index contributed by atoms with van der Waals surface area (Å²) in [4.78, 5) is 56.5. The summed E-state index contributed by atoms with van der Waals surface area (Å²) in [5, 5.41) is 67.0. The topological polar surface area (TPSA) is 228 Å². The average molecular weight is 861 g/mol. The lowest BCUT2D eigenvalue weighted by Gasteiger charge is -2.36. The molecule has 0 radical (unpaired) electrons. The molecule has 2 aromatic rings. The van der Waals surface area contributed by atoms with E-state index in [-0.39, 0.29) is 44.5 Å². The number of hydrazone groups is 1. The van der Waals surface area contributed by atoms with Gasteiger partial charge in [0.05, 0.1) is 52.8 Å². The highest BCUT2D eigenvalue weighted by atomic mass is 16.7. The molecule has 4 aliphatic heterocycles. The van der Waals surface area contributed by atoms with Gasteiger partial charge in [-0.3, -0.25) is 29.1 Å². The van der Waals surface area contributed by atoms with Crippen LogP contribution in [0.5, 0.6) is 23.0 Å². The quantitative estimate of drug-likeness (QED) is 0.101. The van der Waals surface area contributed by atoms with Gasteiger partial charge in [0, 0.05) is 86.4 Å². The largest absolute Gasteiger partial charge is 0.507 e. The van der Waals surface area contributed by atoms with Crippen molar-refractivity contribution in [2.24, 2.45) is 28.8 Å². The van der Waals surface area contributed by atoms with Gasteiger partial charge in [0.25, 0.3) is 11.7 Å². The molecule has 2 aromatic carbocycles. The summed E-state index contributed by atoms with van der Waals surface area (Å²) in [5.74, 6) is -10.00. The van der Waals surface area contributed by atoms with Crippen LogP contribution in [0.4, 0.5) is 5.69 Å². The summed E-state index contributed by atoms with van der Waals surface area (Å²) < 4.78 is 17.4. The monoisotopic (exact) mass is 860 g/mol. The van der Waals surface area contributed by atoms with Crippen molar-refractivity contribution >= 4 is 46.1 Å². The van der Waals surface area contributed by atoms with Crippen molar-refractivity contribution in [3.05, 3.63) is 52.8 Å². The number of hydrogen-bond acceptors (Lipinski definition) is 15. The Morgan fingerprint density at radius 2 is 1.60 bits per heavy atom. The average Bonchev–Trinajstić information content (AvgIpc) is 3.88. The molecule has 7 rings (SSSR count). The molecular formula is C46H60N4O12. The number of anilines is 1. The minimum absolute atomic E-state index is 0.0180. The summed E-state index contributed by atoms with van der Waals surface area (Å²) >= 11 is 0. The zero-order valence-electron chi connectivity index (χ0n) is 36.7. The molecule has 0 unspecified atom stereocenters. The number of piperazine rings is 1. The highest BCUT2D eigenvalue weighted by Crippen LogP contribution is 2.55. The third-order valence-corrected chi connectivity index (χ3v) is 13.1. The molecule has 16 nitrogen and oxygen atoms in total. The summed E-state index contributed by atoms with van der Waals surface area (Å²) in [6, 6.07) is 0.543. The number of nitrogens with zero attached hydrogens (tertiary/aromatic N) is 3. The molecule has 1 saturated heterocycles. The van der Waals surface area contributed by atoms with Gasteiger partial charge in [-0.05, 0) is 26.7 Å². The van der Waals surface area contributed by atoms with Crippen LogP contribution in [-0.4, -0.2) is 121 Å². The van der Waals surface area contributed by atoms with Crippen molar-refractivity contribution < 1.29 is 58.9 Å². The molecule has 6 N–H and O–H groups in total. The fourth-order valence-electron chi connectivity index (χ4n) is 9.09. The summed E-state index contributed by atoms with van der Waals surface area (Å²) in [6.07, 6.45) is 9.27. The van der Waals surface area contributed by atoms with Crippen molar-refractivity contribution in [3.8, 4) is 23.0 Å². The third kappa shape index (κ3) is 8.90. The number of amides is 1. The zero-order valence-corrected chi connectivity index (χ0v) is 36.7. The number of benzene rings is 2. The Bertz CT molecular complexity index is 2220. The van der Waals surface area contributed by atoms with E-state index in [0.717, 1.165) is 25.4 Å². The van der Waals surface area contributed by atoms with Gasteiger partial charge in [0.15, 0.2) is 11.5 Å². The van der Waals surface area contributed by atoms with Crippen LogP contribution in [0.25, 0.3) is 10.8 Å². The number of aliphatic hydroxyl groups excluding tert-OH is 2. The molecule has 1 saturated carbocycles. The molecule has 5 aliphatic rings. The van der Waals surface area contributed by atoms with Crippen LogP contribution in [0.15, 0.2) is 41.2 Å². The van der Waals surface area contributed by atoms with E-state index in [0.29, 0.717) is 19.1 Å². The SMILES string of the molecule is CC(=O)O[C@H]1[C@H](C)[C@H](O)[C@H](C)[C@@H](O)[C@@H](C)/C=C/C=C(/C)C(=O)Nc2c(/C=N/N3CCN(C4CCCC4)CC3)c(O)c3c4c(c(C)c(O)c3c2O)O[C@](C)(O/C=C/C(=O)[C@H]1C)C4=O. The molecule has 16 heteroatoms. The number of phenols is 3. The highest BCUT2D eigenvalue weighted by Gasteiger charge is 2.50. The fourth-order valence-corrected chi connectivity index (χ4v) is 9.09. The van der Waals surface area contributed by atoms with E-state index in [1.807, 2.05) is 5.01 Å². The van der Waals surface area contributed by atoms with Crippen LogP contribution in [0, 0.1) is 30.6 Å². The number of allylic oxidation sites excluding steroid dienone is 3. The lowest BCUT2D eigenvalue weighted by molar-refractivity contribution is -0.158. The maximum atomic E-state index is 14.4. The number of ether oxygens (including phenoxy) is 3. The van der Waals surface area contributed by atoms with Crippen molar-refractivity contribution in [2.75, 3.05) is 31.5 Å². The van der Waals surface area contributed by atoms with E-state index < -0.39 is 88.5 Å². The molecule has 4 heterocycles. The minimum Gasteiger partial charge on any atom is -0.507 e. The van der Waals surface area contributed by atoms with Crippen LogP contribution in [-0.2, 0) is 23.9 Å². The van der Waals surface area contributed by atoms with Gasteiger partial charge >= 0.3 is 11.8 Å². The first kappa shape index (κ1) is 46.1. The Balaban J connectivity index is 1.46. The van der Waals surface area contributed by atoms with Crippen LogP contribution in [0.2, 0.25) is 0 Å². The first-order valence-corrected chi connectivity index (χ1v) is 21.4. The second kappa shape index (κ2) is 18.5. The Morgan fingerprint density at radius 3 is 2.24 bits per heavy atom. The summed E-state index contributed by atoms with van der Waals surface area (Å²) in [6.45, 7) is 14.6. The number of phenolic OH excluding ortho intramolecular Hbond substituents is 3. The fraction of sp³-hybridized carbons (Fsp3) is 0.543. The first-order valence-electron chi connectivity index (χ1n) is 21.4. The van der Waals surface area contributed by atoms with Crippen LogP contribution in [0.3, 0.4) is 0 Å². The number of hydrogen-bond donors (Lipinski definition) is 6. The van der Waals surface area contributed by atoms with Gasteiger partial charge in [-0.1, -0.05) is 58.8 Å². The summed E-state index contributed by atoms with van der Waals surface area (Å²) in [5.41, 5.74) is -0.471. The highest BCUT2D eigenvalue weighted by molar-refractivity contribution is 6.24. The van der Waals surface area contributed by atoms with Crippen molar-refractivity contribution in [3.63, 3.8) is 0 Å². The third-order valence-electron chi connectivity index (χ3n) is 13.1. The molecule has 1 amide bonds. The molecule has 8 atom stereocenters. The maximum Gasteiger partial charge on any atom is 0.312 e. The van der Waals surface area contributed by atoms with Crippen LogP contribution >= 0.6 is 0 Å².